The third kappa shape index (κ3) is 6.25. The number of rotatable bonds is 10. The lowest BCUT2D eigenvalue weighted by Crippen LogP contribution is -2.40. The lowest BCUT2D eigenvalue weighted by molar-refractivity contribution is -0.143. The van der Waals surface area contributed by atoms with Crippen molar-refractivity contribution in [3.8, 4) is 11.4 Å². The summed E-state index contributed by atoms with van der Waals surface area (Å²) in [5.41, 5.74) is 1.64. The molecule has 4 rings (SSSR count). The first-order valence-corrected chi connectivity index (χ1v) is 12.5. The minimum Gasteiger partial charge on any atom is -0.466 e. The van der Waals surface area contributed by atoms with Crippen molar-refractivity contribution in [2.75, 3.05) is 32.9 Å². The highest BCUT2D eigenvalue weighted by Gasteiger charge is 2.26. The van der Waals surface area contributed by atoms with E-state index in [9.17, 15) is 13.2 Å². The summed E-state index contributed by atoms with van der Waals surface area (Å²) in [5.74, 6) is 0.637. The molecule has 0 saturated carbocycles. The van der Waals surface area contributed by atoms with Gasteiger partial charge in [0.25, 0.3) is 0 Å². The number of ether oxygens (including phenoxy) is 2. The number of carbonyl (C=O) groups is 1. The van der Waals surface area contributed by atoms with Gasteiger partial charge in [-0.25, -0.2) is 8.42 Å². The first kappa shape index (κ1) is 24.0. The second kappa shape index (κ2) is 11.3. The maximum absolute atomic E-state index is 12.7. The first-order chi connectivity index (χ1) is 16.5. The Bertz CT molecular complexity index is 1180. The number of aromatic nitrogens is 3. The molecule has 0 radical (unpaired) electrons. The molecule has 10 nitrogen and oxygen atoms in total. The van der Waals surface area contributed by atoms with Crippen molar-refractivity contribution in [3.63, 3.8) is 0 Å². The summed E-state index contributed by atoms with van der Waals surface area (Å²) in [6, 6.07) is 10.3. The maximum Gasteiger partial charge on any atom is 0.306 e. The molecule has 0 atom stereocenters. The summed E-state index contributed by atoms with van der Waals surface area (Å²) in [6.45, 7) is 1.77. The monoisotopic (exact) mass is 486 g/mol. The molecule has 2 aromatic heterocycles. The van der Waals surface area contributed by atoms with Crippen molar-refractivity contribution >= 4 is 16.0 Å². The molecule has 0 bridgehead atoms. The van der Waals surface area contributed by atoms with Gasteiger partial charge in [0, 0.05) is 43.9 Å². The van der Waals surface area contributed by atoms with Gasteiger partial charge < -0.3 is 14.0 Å². The molecule has 11 heteroatoms. The molecule has 1 aliphatic heterocycles. The van der Waals surface area contributed by atoms with E-state index >= 15 is 0 Å². The van der Waals surface area contributed by atoms with E-state index in [-0.39, 0.29) is 23.9 Å². The Hall–Kier alpha value is -3.15. The van der Waals surface area contributed by atoms with E-state index in [4.69, 9.17) is 14.0 Å². The Balaban J connectivity index is 1.17. The van der Waals surface area contributed by atoms with E-state index in [0.29, 0.717) is 57.3 Å². The second-order valence-electron chi connectivity index (χ2n) is 7.74. The molecule has 0 spiro atoms. The van der Waals surface area contributed by atoms with Crippen LogP contribution in [0.25, 0.3) is 11.4 Å². The lowest BCUT2D eigenvalue weighted by atomic mass is 10.1. The molecule has 3 aromatic rings. The predicted octanol–water partition coefficient (Wildman–Crippen LogP) is 2.26. The Morgan fingerprint density at radius 2 is 1.88 bits per heavy atom. The number of morpholine rings is 1. The van der Waals surface area contributed by atoms with Crippen LogP contribution in [0.2, 0.25) is 0 Å². The Kier molecular flexibility index (Phi) is 7.99. The number of aryl methyl sites for hydroxylation is 2. The fourth-order valence-corrected chi connectivity index (χ4v) is 4.87. The summed E-state index contributed by atoms with van der Waals surface area (Å²) in [7, 11) is -3.52. The minimum atomic E-state index is -3.52. The molecule has 3 heterocycles. The van der Waals surface area contributed by atoms with E-state index in [1.54, 1.807) is 42.7 Å². The minimum absolute atomic E-state index is 0.210. The summed E-state index contributed by atoms with van der Waals surface area (Å²) in [6.07, 6.45) is 5.07. The number of hydrogen-bond donors (Lipinski definition) is 0. The van der Waals surface area contributed by atoms with Crippen LogP contribution < -0.4 is 0 Å². The molecule has 1 aromatic carbocycles. The van der Waals surface area contributed by atoms with Crippen LogP contribution in [0.15, 0.2) is 58.2 Å². The smallest absolute Gasteiger partial charge is 0.306 e. The van der Waals surface area contributed by atoms with Crippen molar-refractivity contribution in [2.45, 2.75) is 30.6 Å². The fraction of sp³-hybridized carbons (Fsp3) is 0.391. The van der Waals surface area contributed by atoms with Crippen molar-refractivity contribution < 1.29 is 27.2 Å². The van der Waals surface area contributed by atoms with Crippen LogP contribution >= 0.6 is 0 Å². The zero-order valence-electron chi connectivity index (χ0n) is 18.6. The summed E-state index contributed by atoms with van der Waals surface area (Å²) < 4.78 is 42.5. The number of benzene rings is 1. The number of esters is 1. The molecule has 180 valence electrons. The SMILES string of the molecule is O=C(CCc1ccc(S(=O)(=O)N2CCOCC2)cc1)OCCCc1nc(-c2cccnc2)no1. The number of hydrogen-bond acceptors (Lipinski definition) is 9. The normalized spacial score (nSPS) is 14.7. The van der Waals surface area contributed by atoms with Gasteiger partial charge in [-0.1, -0.05) is 17.3 Å². The van der Waals surface area contributed by atoms with E-state index in [2.05, 4.69) is 15.1 Å². The quantitative estimate of drug-likeness (QED) is 0.313. The van der Waals surface area contributed by atoms with Gasteiger partial charge in [-0.05, 0) is 42.7 Å². The lowest BCUT2D eigenvalue weighted by Gasteiger charge is -2.26. The van der Waals surface area contributed by atoms with E-state index < -0.39 is 10.0 Å². The van der Waals surface area contributed by atoms with Gasteiger partial charge in [0.15, 0.2) is 0 Å². The van der Waals surface area contributed by atoms with Gasteiger partial charge >= 0.3 is 5.97 Å². The molecular weight excluding hydrogens is 460 g/mol. The highest BCUT2D eigenvalue weighted by atomic mass is 32.2. The molecule has 1 saturated heterocycles. The number of carbonyl (C=O) groups excluding carboxylic acids is 1. The Labute approximate surface area is 198 Å². The average Bonchev–Trinajstić information content (AvgIpc) is 3.36. The Morgan fingerprint density at radius 1 is 1.09 bits per heavy atom. The molecule has 1 aliphatic rings. The number of nitrogens with zero attached hydrogens (tertiary/aromatic N) is 4. The van der Waals surface area contributed by atoms with Crippen LogP contribution in [0.4, 0.5) is 0 Å². The third-order valence-electron chi connectivity index (χ3n) is 5.33. The van der Waals surface area contributed by atoms with Crippen molar-refractivity contribution in [1.29, 1.82) is 0 Å². The van der Waals surface area contributed by atoms with Crippen molar-refractivity contribution in [3.05, 3.63) is 60.2 Å². The van der Waals surface area contributed by atoms with Crippen LogP contribution in [-0.2, 0) is 37.1 Å². The summed E-state index contributed by atoms with van der Waals surface area (Å²) in [4.78, 5) is 20.6. The number of pyridine rings is 1. The van der Waals surface area contributed by atoms with Gasteiger partial charge in [-0.15, -0.1) is 0 Å². The standard InChI is InChI=1S/C23H26N4O6S/c28-22(32-14-2-4-21-25-23(26-33-21)19-3-1-11-24-17-19)10-7-18-5-8-20(9-6-18)34(29,30)27-12-15-31-16-13-27/h1,3,5-6,8-9,11,17H,2,4,7,10,12-16H2. The van der Waals surface area contributed by atoms with E-state index in [1.165, 1.54) is 4.31 Å². The van der Waals surface area contributed by atoms with Gasteiger partial charge in [0.1, 0.15) is 0 Å². The van der Waals surface area contributed by atoms with Crippen molar-refractivity contribution in [1.82, 2.24) is 19.4 Å². The van der Waals surface area contributed by atoms with Crippen LogP contribution in [0, 0.1) is 0 Å². The average molecular weight is 487 g/mol. The molecule has 0 N–H and O–H groups in total. The first-order valence-electron chi connectivity index (χ1n) is 11.1. The molecular formula is C23H26N4O6S. The van der Waals surface area contributed by atoms with Gasteiger partial charge in [-0.3, -0.25) is 9.78 Å². The predicted molar refractivity (Wildman–Crippen MR) is 121 cm³/mol. The summed E-state index contributed by atoms with van der Waals surface area (Å²) in [5, 5.41) is 3.93. The van der Waals surface area contributed by atoms with Crippen LogP contribution in [0.1, 0.15) is 24.3 Å². The second-order valence-corrected chi connectivity index (χ2v) is 9.68. The van der Waals surface area contributed by atoms with Crippen LogP contribution in [-0.4, -0.2) is 66.7 Å². The van der Waals surface area contributed by atoms with Crippen LogP contribution in [0.5, 0.6) is 0 Å². The van der Waals surface area contributed by atoms with Crippen molar-refractivity contribution in [2.24, 2.45) is 0 Å². The largest absolute Gasteiger partial charge is 0.466 e. The van der Waals surface area contributed by atoms with Crippen LogP contribution in [0.3, 0.4) is 0 Å². The summed E-state index contributed by atoms with van der Waals surface area (Å²) >= 11 is 0. The molecule has 0 amide bonds. The molecule has 0 aliphatic carbocycles. The highest BCUT2D eigenvalue weighted by Crippen LogP contribution is 2.18. The zero-order valence-corrected chi connectivity index (χ0v) is 19.4. The Morgan fingerprint density at radius 3 is 2.62 bits per heavy atom. The topological polar surface area (TPSA) is 125 Å². The fourth-order valence-electron chi connectivity index (χ4n) is 3.46. The molecule has 34 heavy (non-hydrogen) atoms. The van der Waals surface area contributed by atoms with Gasteiger partial charge in [0.2, 0.25) is 21.7 Å². The zero-order chi connectivity index (χ0) is 23.8. The molecule has 0 unspecified atom stereocenters. The van der Waals surface area contributed by atoms with Gasteiger partial charge in [-0.2, -0.15) is 9.29 Å². The molecule has 1 fully saturated rings. The van der Waals surface area contributed by atoms with Gasteiger partial charge in [0.05, 0.1) is 24.7 Å². The van der Waals surface area contributed by atoms with E-state index in [1.807, 2.05) is 6.07 Å². The number of sulfonamides is 1. The third-order valence-corrected chi connectivity index (χ3v) is 7.25. The van der Waals surface area contributed by atoms with E-state index in [0.717, 1.165) is 11.1 Å². The highest BCUT2D eigenvalue weighted by molar-refractivity contribution is 7.89. The maximum atomic E-state index is 12.7.